The molecule has 0 aromatic heterocycles. The molecule has 120 valence electrons. The molecule has 0 saturated carbocycles. The van der Waals surface area contributed by atoms with Gasteiger partial charge in [0.05, 0.1) is 7.11 Å². The van der Waals surface area contributed by atoms with E-state index in [0.29, 0.717) is 24.2 Å². The van der Waals surface area contributed by atoms with Gasteiger partial charge in [0.1, 0.15) is 5.54 Å². The summed E-state index contributed by atoms with van der Waals surface area (Å²) in [6.07, 6.45) is 0.886. The number of hydrogen-bond acceptors (Lipinski definition) is 4. The number of benzene rings is 1. The summed E-state index contributed by atoms with van der Waals surface area (Å²) in [5.74, 6) is -0.556. The Morgan fingerprint density at radius 2 is 2.27 bits per heavy atom. The largest absolute Gasteiger partial charge is 0.494 e. The van der Waals surface area contributed by atoms with Crippen molar-refractivity contribution in [2.45, 2.75) is 24.8 Å². The maximum absolute atomic E-state index is 13.6. The number of amides is 1. The van der Waals surface area contributed by atoms with Crippen molar-refractivity contribution in [2.24, 2.45) is 0 Å². The van der Waals surface area contributed by atoms with Crippen molar-refractivity contribution in [1.29, 1.82) is 0 Å². The Morgan fingerprint density at radius 3 is 2.82 bits per heavy atom. The maximum atomic E-state index is 13.6. The lowest BCUT2D eigenvalue weighted by Crippen LogP contribution is -2.54. The summed E-state index contributed by atoms with van der Waals surface area (Å²) in [7, 11) is 1.39. The molecule has 1 aliphatic rings. The molecule has 22 heavy (non-hydrogen) atoms. The lowest BCUT2D eigenvalue weighted by Gasteiger charge is -2.24. The molecular weight excluding hydrogens is 309 g/mol. The molecule has 2 N–H and O–H groups in total. The van der Waals surface area contributed by atoms with Crippen LogP contribution in [0.15, 0.2) is 18.2 Å². The standard InChI is InChI=1S/C15H18FNO4S/c1-21-12-4-2-10(8-11(12)16)3-5-13(18)17-15(14(19)20)6-7-22-9-15/h2,4,8H,3,5-7,9H2,1H3,(H,17,18)(H,19,20). The third kappa shape index (κ3) is 3.71. The normalized spacial score (nSPS) is 20.6. The highest BCUT2D eigenvalue weighted by Gasteiger charge is 2.43. The molecule has 0 bridgehead atoms. The molecule has 1 atom stereocenters. The lowest BCUT2D eigenvalue weighted by molar-refractivity contribution is -0.146. The van der Waals surface area contributed by atoms with Gasteiger partial charge in [0.15, 0.2) is 11.6 Å². The average molecular weight is 327 g/mol. The van der Waals surface area contributed by atoms with Crippen molar-refractivity contribution >= 4 is 23.6 Å². The SMILES string of the molecule is COc1ccc(CCC(=O)NC2(C(=O)O)CCSC2)cc1F. The van der Waals surface area contributed by atoms with Gasteiger partial charge in [0, 0.05) is 12.2 Å². The number of thioether (sulfide) groups is 1. The number of halogens is 1. The zero-order valence-corrected chi connectivity index (χ0v) is 13.0. The summed E-state index contributed by atoms with van der Waals surface area (Å²) in [5, 5.41) is 11.9. The van der Waals surface area contributed by atoms with Crippen molar-refractivity contribution in [1.82, 2.24) is 5.32 Å². The van der Waals surface area contributed by atoms with Crippen LogP contribution in [0.25, 0.3) is 0 Å². The lowest BCUT2D eigenvalue weighted by atomic mass is 9.98. The number of aryl methyl sites for hydroxylation is 1. The predicted molar refractivity (Wildman–Crippen MR) is 81.7 cm³/mol. The Labute approximate surface area is 132 Å². The zero-order chi connectivity index (χ0) is 16.2. The van der Waals surface area contributed by atoms with Crippen molar-refractivity contribution in [3.05, 3.63) is 29.6 Å². The highest BCUT2D eigenvalue weighted by Crippen LogP contribution is 2.28. The van der Waals surface area contributed by atoms with Crippen LogP contribution in [0.2, 0.25) is 0 Å². The maximum Gasteiger partial charge on any atom is 0.330 e. The molecule has 1 saturated heterocycles. The number of nitrogens with one attached hydrogen (secondary N) is 1. The van der Waals surface area contributed by atoms with Gasteiger partial charge in [-0.2, -0.15) is 11.8 Å². The Morgan fingerprint density at radius 1 is 1.50 bits per heavy atom. The van der Waals surface area contributed by atoms with Gasteiger partial charge in [0.2, 0.25) is 5.91 Å². The molecule has 1 aromatic rings. The Balaban J connectivity index is 1.92. The van der Waals surface area contributed by atoms with E-state index in [1.807, 2.05) is 0 Å². The summed E-state index contributed by atoms with van der Waals surface area (Å²) < 4.78 is 18.4. The molecule has 0 radical (unpaired) electrons. The van der Waals surface area contributed by atoms with Crippen LogP contribution in [0.3, 0.4) is 0 Å². The quantitative estimate of drug-likeness (QED) is 0.834. The molecule has 1 heterocycles. The minimum Gasteiger partial charge on any atom is -0.494 e. The monoisotopic (exact) mass is 327 g/mol. The topological polar surface area (TPSA) is 75.6 Å². The van der Waals surface area contributed by atoms with Gasteiger partial charge in [-0.25, -0.2) is 9.18 Å². The van der Waals surface area contributed by atoms with E-state index in [1.54, 1.807) is 6.07 Å². The van der Waals surface area contributed by atoms with E-state index < -0.39 is 17.3 Å². The number of carbonyl (C=O) groups excluding carboxylic acids is 1. The van der Waals surface area contributed by atoms with Crippen LogP contribution in [0.1, 0.15) is 18.4 Å². The first kappa shape index (κ1) is 16.6. The average Bonchev–Trinajstić information content (AvgIpc) is 2.95. The Kier molecular flexibility index (Phi) is 5.28. The third-order valence-electron chi connectivity index (χ3n) is 3.67. The summed E-state index contributed by atoms with van der Waals surface area (Å²) in [6.45, 7) is 0. The molecule has 1 aliphatic heterocycles. The second-order valence-electron chi connectivity index (χ2n) is 5.21. The number of carbonyl (C=O) groups is 2. The van der Waals surface area contributed by atoms with E-state index in [-0.39, 0.29) is 18.1 Å². The first-order chi connectivity index (χ1) is 10.5. The van der Waals surface area contributed by atoms with E-state index in [1.165, 1.54) is 31.0 Å². The number of ether oxygens (including phenoxy) is 1. The molecule has 5 nitrogen and oxygen atoms in total. The predicted octanol–water partition coefficient (Wildman–Crippen LogP) is 1.84. The molecule has 7 heteroatoms. The van der Waals surface area contributed by atoms with Gasteiger partial charge < -0.3 is 15.2 Å². The smallest absolute Gasteiger partial charge is 0.330 e. The molecule has 1 fully saturated rings. The van der Waals surface area contributed by atoms with Crippen LogP contribution in [0.5, 0.6) is 5.75 Å². The fourth-order valence-corrected chi connectivity index (χ4v) is 3.66. The summed E-state index contributed by atoms with van der Waals surface area (Å²) in [6, 6.07) is 4.52. The van der Waals surface area contributed by atoms with Gasteiger partial charge in [-0.3, -0.25) is 4.79 Å². The van der Waals surface area contributed by atoms with E-state index >= 15 is 0 Å². The van der Waals surface area contributed by atoms with E-state index in [2.05, 4.69) is 5.32 Å². The highest BCUT2D eigenvalue weighted by molar-refractivity contribution is 7.99. The first-order valence-electron chi connectivity index (χ1n) is 6.91. The molecular formula is C15H18FNO4S. The second-order valence-corrected chi connectivity index (χ2v) is 6.31. The van der Waals surface area contributed by atoms with Gasteiger partial charge >= 0.3 is 5.97 Å². The first-order valence-corrected chi connectivity index (χ1v) is 8.07. The Bertz CT molecular complexity index is 573. The zero-order valence-electron chi connectivity index (χ0n) is 12.2. The van der Waals surface area contributed by atoms with Crippen molar-refractivity contribution in [3.8, 4) is 5.75 Å². The Hall–Kier alpha value is -1.76. The van der Waals surface area contributed by atoms with Crippen LogP contribution in [-0.4, -0.2) is 41.1 Å². The van der Waals surface area contributed by atoms with Crippen LogP contribution in [0.4, 0.5) is 4.39 Å². The second kappa shape index (κ2) is 7.00. The molecule has 1 unspecified atom stereocenters. The van der Waals surface area contributed by atoms with Gasteiger partial charge in [-0.15, -0.1) is 0 Å². The van der Waals surface area contributed by atoms with Gasteiger partial charge in [-0.1, -0.05) is 6.07 Å². The number of methoxy groups -OCH3 is 1. The number of carboxylic acids is 1. The van der Waals surface area contributed by atoms with Crippen molar-refractivity contribution in [3.63, 3.8) is 0 Å². The summed E-state index contributed by atoms with van der Waals surface area (Å²) in [4.78, 5) is 23.3. The minimum absolute atomic E-state index is 0.117. The van der Waals surface area contributed by atoms with Crippen LogP contribution in [-0.2, 0) is 16.0 Å². The number of carboxylic acid groups (broad SMARTS) is 1. The van der Waals surface area contributed by atoms with Crippen LogP contribution in [0, 0.1) is 5.82 Å². The fourth-order valence-electron chi connectivity index (χ4n) is 2.34. The third-order valence-corrected chi connectivity index (χ3v) is 4.86. The molecule has 0 aliphatic carbocycles. The number of aliphatic carboxylic acids is 1. The summed E-state index contributed by atoms with van der Waals surface area (Å²) >= 11 is 1.51. The van der Waals surface area contributed by atoms with E-state index in [4.69, 9.17) is 4.74 Å². The van der Waals surface area contributed by atoms with Gasteiger partial charge in [0.25, 0.3) is 0 Å². The number of hydrogen-bond donors (Lipinski definition) is 2. The molecule has 2 rings (SSSR count). The van der Waals surface area contributed by atoms with Crippen molar-refractivity contribution in [2.75, 3.05) is 18.6 Å². The summed E-state index contributed by atoms with van der Waals surface area (Å²) in [5.41, 5.74) is -0.494. The number of rotatable bonds is 6. The van der Waals surface area contributed by atoms with Crippen molar-refractivity contribution < 1.29 is 23.8 Å². The molecule has 0 spiro atoms. The van der Waals surface area contributed by atoms with Crippen LogP contribution < -0.4 is 10.1 Å². The van der Waals surface area contributed by atoms with E-state index in [9.17, 15) is 19.1 Å². The molecule has 1 amide bonds. The van der Waals surface area contributed by atoms with Crippen LogP contribution >= 0.6 is 11.8 Å². The molecule has 1 aromatic carbocycles. The van der Waals surface area contributed by atoms with E-state index in [0.717, 1.165) is 5.75 Å². The minimum atomic E-state index is -1.16. The van der Waals surface area contributed by atoms with Gasteiger partial charge in [-0.05, 0) is 36.3 Å². The fraction of sp³-hybridized carbons (Fsp3) is 0.467. The highest BCUT2D eigenvalue weighted by atomic mass is 32.2.